The minimum Gasteiger partial charge on any atom is -0.352 e. The van der Waals surface area contributed by atoms with Crippen LogP contribution in [0.4, 0.5) is 5.69 Å². The van der Waals surface area contributed by atoms with Gasteiger partial charge < -0.3 is 10.2 Å². The lowest BCUT2D eigenvalue weighted by atomic mass is 10.0. The summed E-state index contributed by atoms with van der Waals surface area (Å²) < 4.78 is 30.1. The van der Waals surface area contributed by atoms with Crippen LogP contribution in [0.1, 0.15) is 37.0 Å². The summed E-state index contributed by atoms with van der Waals surface area (Å²) >= 11 is 3.46. The number of benzene rings is 4. The van der Waals surface area contributed by atoms with Crippen LogP contribution in [0.25, 0.3) is 0 Å². The number of sulfonamides is 1. The smallest absolute Gasteiger partial charge is 0.264 e. The zero-order valence-corrected chi connectivity index (χ0v) is 27.6. The van der Waals surface area contributed by atoms with Gasteiger partial charge in [-0.05, 0) is 67.8 Å². The molecule has 4 aromatic rings. The molecule has 0 heterocycles. The van der Waals surface area contributed by atoms with Gasteiger partial charge in [0, 0.05) is 23.5 Å². The molecule has 2 amide bonds. The Bertz CT molecular complexity index is 1630. The van der Waals surface area contributed by atoms with Crippen molar-refractivity contribution in [2.75, 3.05) is 10.8 Å². The summed E-state index contributed by atoms with van der Waals surface area (Å²) in [6.45, 7) is 5.44. The van der Waals surface area contributed by atoms with Crippen LogP contribution in [0.15, 0.2) is 119 Å². The molecule has 4 aromatic carbocycles. The lowest BCUT2D eigenvalue weighted by Gasteiger charge is -2.34. The molecule has 0 aliphatic rings. The zero-order chi connectivity index (χ0) is 31.7. The lowest BCUT2D eigenvalue weighted by molar-refractivity contribution is -0.140. The minimum atomic E-state index is -4.12. The summed E-state index contributed by atoms with van der Waals surface area (Å²) in [5.41, 5.74) is 3.01. The van der Waals surface area contributed by atoms with Crippen LogP contribution >= 0.6 is 15.9 Å². The van der Waals surface area contributed by atoms with Crippen molar-refractivity contribution in [3.8, 4) is 0 Å². The predicted molar refractivity (Wildman–Crippen MR) is 179 cm³/mol. The Kier molecular flexibility index (Phi) is 11.4. The van der Waals surface area contributed by atoms with Crippen molar-refractivity contribution in [2.45, 2.75) is 57.1 Å². The second-order valence-corrected chi connectivity index (χ2v) is 13.6. The Balaban J connectivity index is 1.79. The number of hydrogen-bond donors (Lipinski definition) is 1. The van der Waals surface area contributed by atoms with Crippen LogP contribution in [0.2, 0.25) is 0 Å². The van der Waals surface area contributed by atoms with Crippen LogP contribution in [0.3, 0.4) is 0 Å². The molecule has 2 atom stereocenters. The van der Waals surface area contributed by atoms with Gasteiger partial charge in [-0.3, -0.25) is 13.9 Å². The molecule has 0 bridgehead atoms. The van der Waals surface area contributed by atoms with E-state index in [1.165, 1.54) is 17.0 Å². The van der Waals surface area contributed by atoms with Crippen molar-refractivity contribution in [3.05, 3.63) is 130 Å². The van der Waals surface area contributed by atoms with E-state index in [4.69, 9.17) is 0 Å². The molecule has 1 N–H and O–H groups in total. The number of hydrogen-bond acceptors (Lipinski definition) is 4. The van der Waals surface area contributed by atoms with Gasteiger partial charge in [-0.25, -0.2) is 8.42 Å². The van der Waals surface area contributed by atoms with Crippen LogP contribution in [-0.4, -0.2) is 43.8 Å². The highest BCUT2D eigenvalue weighted by atomic mass is 79.9. The van der Waals surface area contributed by atoms with E-state index >= 15 is 0 Å². The van der Waals surface area contributed by atoms with Gasteiger partial charge in [-0.1, -0.05) is 101 Å². The van der Waals surface area contributed by atoms with E-state index in [0.717, 1.165) is 31.9 Å². The monoisotopic (exact) mass is 675 g/mol. The fourth-order valence-corrected chi connectivity index (χ4v) is 6.44. The fourth-order valence-electron chi connectivity index (χ4n) is 4.74. The Morgan fingerprint density at radius 2 is 1.41 bits per heavy atom. The molecule has 0 unspecified atom stereocenters. The number of carbonyl (C=O) groups is 2. The minimum absolute atomic E-state index is 0.0724. The van der Waals surface area contributed by atoms with Gasteiger partial charge in [0.05, 0.1) is 10.6 Å². The highest BCUT2D eigenvalue weighted by Gasteiger charge is 2.34. The van der Waals surface area contributed by atoms with Gasteiger partial charge in [-0.15, -0.1) is 0 Å². The molecular formula is C35H38BrN3O4S. The number of halogens is 1. The highest BCUT2D eigenvalue weighted by molar-refractivity contribution is 9.10. The number of carbonyl (C=O) groups excluding carboxylic acids is 2. The van der Waals surface area contributed by atoms with Crippen molar-refractivity contribution in [1.29, 1.82) is 0 Å². The quantitative estimate of drug-likeness (QED) is 0.175. The second-order valence-electron chi connectivity index (χ2n) is 10.8. The van der Waals surface area contributed by atoms with Gasteiger partial charge in [0.1, 0.15) is 12.6 Å². The molecular weight excluding hydrogens is 638 g/mol. The van der Waals surface area contributed by atoms with Crippen LogP contribution in [-0.2, 0) is 32.6 Å². The third kappa shape index (κ3) is 8.57. The van der Waals surface area contributed by atoms with E-state index in [-0.39, 0.29) is 29.8 Å². The molecule has 0 aliphatic heterocycles. The summed E-state index contributed by atoms with van der Waals surface area (Å²) in [6, 6.07) is 31.1. The van der Waals surface area contributed by atoms with Crippen molar-refractivity contribution in [2.24, 2.45) is 0 Å². The van der Waals surface area contributed by atoms with Gasteiger partial charge in [0.2, 0.25) is 11.8 Å². The topological polar surface area (TPSA) is 86.8 Å². The van der Waals surface area contributed by atoms with E-state index in [9.17, 15) is 18.0 Å². The molecule has 0 fully saturated rings. The molecule has 44 heavy (non-hydrogen) atoms. The third-order valence-corrected chi connectivity index (χ3v) is 9.79. The number of rotatable bonds is 13. The third-order valence-electron chi connectivity index (χ3n) is 7.47. The molecule has 0 saturated heterocycles. The van der Waals surface area contributed by atoms with Gasteiger partial charge in [0.15, 0.2) is 0 Å². The first-order valence-electron chi connectivity index (χ1n) is 14.6. The number of aryl methyl sites for hydroxylation is 1. The maximum atomic E-state index is 14.5. The molecule has 7 nitrogen and oxygen atoms in total. The number of nitrogens with one attached hydrogen (secondary N) is 1. The SMILES string of the molecule is CC[C@@H](C)NC(=O)[C@@H](Cc1ccccc1)N(Cc1ccc(Br)cc1)C(=O)CN(c1ccc(C)cc1)S(=O)(=O)c1ccccc1. The van der Waals surface area contributed by atoms with Crippen molar-refractivity contribution in [1.82, 2.24) is 10.2 Å². The summed E-state index contributed by atoms with van der Waals surface area (Å²) in [5, 5.41) is 3.06. The molecule has 0 spiro atoms. The highest BCUT2D eigenvalue weighted by Crippen LogP contribution is 2.25. The van der Waals surface area contributed by atoms with Crippen LogP contribution in [0.5, 0.6) is 0 Å². The number of anilines is 1. The summed E-state index contributed by atoms with van der Waals surface area (Å²) in [6.07, 6.45) is 0.988. The maximum Gasteiger partial charge on any atom is 0.264 e. The van der Waals surface area contributed by atoms with Crippen LogP contribution in [0, 0.1) is 6.92 Å². The van der Waals surface area contributed by atoms with E-state index in [0.29, 0.717) is 5.69 Å². The van der Waals surface area contributed by atoms with E-state index < -0.39 is 28.5 Å². The molecule has 9 heteroatoms. The molecule has 0 radical (unpaired) electrons. The van der Waals surface area contributed by atoms with Gasteiger partial charge >= 0.3 is 0 Å². The number of nitrogens with zero attached hydrogens (tertiary/aromatic N) is 2. The van der Waals surface area contributed by atoms with Crippen molar-refractivity contribution in [3.63, 3.8) is 0 Å². The van der Waals surface area contributed by atoms with Crippen molar-refractivity contribution < 1.29 is 18.0 Å². The first-order chi connectivity index (χ1) is 21.1. The molecule has 4 rings (SSSR count). The Hall–Kier alpha value is -3.95. The standard InChI is InChI=1S/C35H38BrN3O4S/c1-4-27(3)37-35(41)33(23-28-11-7-5-8-12-28)38(24-29-17-19-30(36)20-18-29)34(40)25-39(31-21-15-26(2)16-22-31)44(42,43)32-13-9-6-10-14-32/h5-22,27,33H,4,23-25H2,1-3H3,(H,37,41)/t27-,33-/m1/s1. The lowest BCUT2D eigenvalue weighted by Crippen LogP contribution is -2.54. The van der Waals surface area contributed by atoms with Gasteiger partial charge in [0.25, 0.3) is 10.0 Å². The predicted octanol–water partition coefficient (Wildman–Crippen LogP) is 6.51. The average molecular weight is 677 g/mol. The largest absolute Gasteiger partial charge is 0.352 e. The summed E-state index contributed by atoms with van der Waals surface area (Å²) in [7, 11) is -4.12. The first kappa shape index (κ1) is 33.0. The van der Waals surface area contributed by atoms with E-state index in [2.05, 4.69) is 21.2 Å². The Morgan fingerprint density at radius 3 is 2.00 bits per heavy atom. The average Bonchev–Trinajstić information content (AvgIpc) is 3.03. The number of amides is 2. The van der Waals surface area contributed by atoms with Crippen LogP contribution < -0.4 is 9.62 Å². The second kappa shape index (κ2) is 15.2. The molecule has 0 aromatic heterocycles. The zero-order valence-electron chi connectivity index (χ0n) is 25.2. The normalized spacial score (nSPS) is 12.6. The van der Waals surface area contributed by atoms with Crippen molar-refractivity contribution >= 4 is 43.5 Å². The molecule has 0 saturated carbocycles. The molecule has 230 valence electrons. The Labute approximate surface area is 269 Å². The first-order valence-corrected chi connectivity index (χ1v) is 16.8. The van der Waals surface area contributed by atoms with E-state index in [1.807, 2.05) is 87.5 Å². The van der Waals surface area contributed by atoms with Gasteiger partial charge in [-0.2, -0.15) is 0 Å². The maximum absolute atomic E-state index is 14.5. The summed E-state index contributed by atoms with van der Waals surface area (Å²) in [4.78, 5) is 29.9. The molecule has 0 aliphatic carbocycles. The van der Waals surface area contributed by atoms with E-state index in [1.54, 1.807) is 30.3 Å². The Morgan fingerprint density at radius 1 is 0.818 bits per heavy atom. The fraction of sp³-hybridized carbons (Fsp3) is 0.257. The summed E-state index contributed by atoms with van der Waals surface area (Å²) in [5.74, 6) is -0.783.